The van der Waals surface area contributed by atoms with Crippen LogP contribution in [0.25, 0.3) is 10.8 Å². The van der Waals surface area contributed by atoms with Crippen molar-refractivity contribution in [3.8, 4) is 0 Å². The Kier molecular flexibility index (Phi) is 4.57. The summed E-state index contributed by atoms with van der Waals surface area (Å²) < 4.78 is 0. The summed E-state index contributed by atoms with van der Waals surface area (Å²) in [5, 5.41) is 1.40. The van der Waals surface area contributed by atoms with E-state index in [1.165, 1.54) is 19.3 Å². The van der Waals surface area contributed by atoms with Crippen LogP contribution in [0.4, 0.5) is 0 Å². The summed E-state index contributed by atoms with van der Waals surface area (Å²) in [6, 6.07) is 19.2. The molecule has 1 N–H and O–H groups in total. The summed E-state index contributed by atoms with van der Waals surface area (Å²) in [5.41, 5.74) is 1.25. The second-order valence-electron chi connectivity index (χ2n) is 7.07. The molecule has 1 aliphatic rings. The van der Waals surface area contributed by atoms with Crippen molar-refractivity contribution < 1.29 is 4.79 Å². The zero-order chi connectivity index (χ0) is 17.9. The first-order valence-electron chi connectivity index (χ1n) is 9.16. The molecule has 4 heteroatoms. The second kappa shape index (κ2) is 7.16. The summed E-state index contributed by atoms with van der Waals surface area (Å²) in [6.45, 7) is 1.30. The fourth-order valence-corrected chi connectivity index (χ4v) is 3.51. The van der Waals surface area contributed by atoms with Crippen LogP contribution in [0.5, 0.6) is 0 Å². The summed E-state index contributed by atoms with van der Waals surface area (Å²) in [4.78, 5) is 30.2. The maximum atomic E-state index is 13.2. The van der Waals surface area contributed by atoms with E-state index in [9.17, 15) is 9.59 Å². The predicted octanol–water partition coefficient (Wildman–Crippen LogP) is 3.97. The van der Waals surface area contributed by atoms with Crippen molar-refractivity contribution in [3.63, 3.8) is 0 Å². The van der Waals surface area contributed by atoms with Gasteiger partial charge < -0.3 is 9.88 Å². The Balaban J connectivity index is 1.65. The number of benzene rings is 2. The first kappa shape index (κ1) is 16.6. The number of carbonyl (C=O) groups is 1. The monoisotopic (exact) mass is 346 g/mol. The van der Waals surface area contributed by atoms with Crippen molar-refractivity contribution in [1.29, 1.82) is 0 Å². The van der Waals surface area contributed by atoms with Gasteiger partial charge in [0.15, 0.2) is 0 Å². The molecule has 0 aliphatic heterocycles. The number of hydrogen-bond acceptors (Lipinski definition) is 2. The summed E-state index contributed by atoms with van der Waals surface area (Å²) >= 11 is 0. The number of amides is 1. The Hall–Kier alpha value is -2.88. The molecule has 1 aliphatic carbocycles. The molecule has 1 amide bonds. The van der Waals surface area contributed by atoms with Gasteiger partial charge in [0, 0.05) is 18.5 Å². The quantitative estimate of drug-likeness (QED) is 0.760. The molecule has 1 saturated carbocycles. The molecule has 0 bridgehead atoms. The van der Waals surface area contributed by atoms with Crippen molar-refractivity contribution in [2.75, 3.05) is 6.54 Å². The molecular weight excluding hydrogens is 324 g/mol. The van der Waals surface area contributed by atoms with Crippen molar-refractivity contribution in [2.24, 2.45) is 5.92 Å². The summed E-state index contributed by atoms with van der Waals surface area (Å²) in [5.74, 6) is 0.457. The maximum absolute atomic E-state index is 13.2. The van der Waals surface area contributed by atoms with E-state index in [1.807, 2.05) is 53.4 Å². The van der Waals surface area contributed by atoms with Gasteiger partial charge in [-0.2, -0.15) is 0 Å². The van der Waals surface area contributed by atoms with E-state index in [-0.39, 0.29) is 11.5 Å². The summed E-state index contributed by atoms with van der Waals surface area (Å²) in [6.07, 6.45) is 3.59. The molecule has 0 radical (unpaired) electrons. The molecule has 0 spiro atoms. The van der Waals surface area contributed by atoms with Gasteiger partial charge in [0.1, 0.15) is 5.69 Å². The van der Waals surface area contributed by atoms with E-state index in [0.717, 1.165) is 17.5 Å². The van der Waals surface area contributed by atoms with Gasteiger partial charge in [0.05, 0.1) is 0 Å². The molecule has 1 aromatic heterocycles. The number of fused-ring (bicyclic) bond motifs is 1. The topological polar surface area (TPSA) is 53.2 Å². The second-order valence-corrected chi connectivity index (χ2v) is 7.07. The molecule has 4 rings (SSSR count). The smallest absolute Gasteiger partial charge is 0.270 e. The average Bonchev–Trinajstić information content (AvgIpc) is 2.64. The molecule has 132 valence electrons. The van der Waals surface area contributed by atoms with E-state index < -0.39 is 0 Å². The zero-order valence-corrected chi connectivity index (χ0v) is 14.7. The van der Waals surface area contributed by atoms with E-state index >= 15 is 0 Å². The average molecular weight is 346 g/mol. The van der Waals surface area contributed by atoms with Gasteiger partial charge in [-0.25, -0.2) is 0 Å². The lowest BCUT2D eigenvalue weighted by Crippen LogP contribution is -2.38. The van der Waals surface area contributed by atoms with Crippen molar-refractivity contribution >= 4 is 16.7 Å². The SMILES string of the molecule is O=C(c1cc2ccccc2c(=O)[nH]1)N(Cc1ccccc1)CC1CCC1. The van der Waals surface area contributed by atoms with Gasteiger partial charge in [-0.15, -0.1) is 0 Å². The predicted molar refractivity (Wildman–Crippen MR) is 103 cm³/mol. The number of nitrogens with one attached hydrogen (secondary N) is 1. The minimum absolute atomic E-state index is 0.108. The molecule has 0 atom stereocenters. The lowest BCUT2D eigenvalue weighted by atomic mass is 9.85. The number of aromatic nitrogens is 1. The van der Waals surface area contributed by atoms with Crippen LogP contribution in [0.3, 0.4) is 0 Å². The van der Waals surface area contributed by atoms with Crippen LogP contribution in [-0.2, 0) is 6.54 Å². The van der Waals surface area contributed by atoms with Crippen molar-refractivity contribution in [1.82, 2.24) is 9.88 Å². The third-order valence-electron chi connectivity index (χ3n) is 5.19. The maximum Gasteiger partial charge on any atom is 0.270 e. The van der Waals surface area contributed by atoms with Gasteiger partial charge >= 0.3 is 0 Å². The molecule has 0 unspecified atom stereocenters. The highest BCUT2D eigenvalue weighted by atomic mass is 16.2. The normalized spacial score (nSPS) is 14.2. The zero-order valence-electron chi connectivity index (χ0n) is 14.7. The molecule has 1 fully saturated rings. The highest BCUT2D eigenvalue weighted by Crippen LogP contribution is 2.28. The van der Waals surface area contributed by atoms with Gasteiger partial charge in [0.25, 0.3) is 11.5 Å². The van der Waals surface area contributed by atoms with Gasteiger partial charge in [-0.05, 0) is 41.8 Å². The van der Waals surface area contributed by atoms with E-state index in [2.05, 4.69) is 4.98 Å². The van der Waals surface area contributed by atoms with Crippen molar-refractivity contribution in [2.45, 2.75) is 25.8 Å². The molecular formula is C22H22N2O2. The van der Waals surface area contributed by atoms with Crippen LogP contribution >= 0.6 is 0 Å². The fourth-order valence-electron chi connectivity index (χ4n) is 3.51. The van der Waals surface area contributed by atoms with Crippen LogP contribution in [-0.4, -0.2) is 22.3 Å². The van der Waals surface area contributed by atoms with Crippen LogP contribution in [0, 0.1) is 5.92 Å². The van der Waals surface area contributed by atoms with Crippen LogP contribution in [0.1, 0.15) is 35.3 Å². The highest BCUT2D eigenvalue weighted by molar-refractivity contribution is 5.96. The molecule has 26 heavy (non-hydrogen) atoms. The lowest BCUT2D eigenvalue weighted by molar-refractivity contribution is 0.0673. The number of rotatable bonds is 5. The number of aromatic amines is 1. The Morgan fingerprint density at radius 3 is 2.50 bits per heavy atom. The first-order valence-corrected chi connectivity index (χ1v) is 9.16. The van der Waals surface area contributed by atoms with Gasteiger partial charge in [-0.3, -0.25) is 9.59 Å². The number of H-pyrrole nitrogens is 1. The molecule has 4 nitrogen and oxygen atoms in total. The Bertz CT molecular complexity index is 974. The van der Waals surface area contributed by atoms with E-state index in [4.69, 9.17) is 0 Å². The Morgan fingerprint density at radius 2 is 1.77 bits per heavy atom. The number of pyridine rings is 1. The molecule has 1 heterocycles. The first-order chi connectivity index (χ1) is 12.7. The van der Waals surface area contributed by atoms with Crippen LogP contribution in [0.2, 0.25) is 0 Å². The number of nitrogens with zero attached hydrogens (tertiary/aromatic N) is 1. The largest absolute Gasteiger partial charge is 0.333 e. The van der Waals surface area contributed by atoms with Crippen LogP contribution in [0.15, 0.2) is 65.5 Å². The Morgan fingerprint density at radius 1 is 1.04 bits per heavy atom. The summed E-state index contributed by atoms with van der Waals surface area (Å²) in [7, 11) is 0. The Labute approximate surface area is 152 Å². The third-order valence-corrected chi connectivity index (χ3v) is 5.19. The standard InChI is InChI=1S/C22H22N2O2/c25-21-19-12-5-4-11-18(19)13-20(23-21)22(26)24(15-17-9-6-10-17)14-16-7-2-1-3-8-16/h1-5,7-8,11-13,17H,6,9-10,14-15H2,(H,23,25). The minimum atomic E-state index is -0.213. The molecule has 0 saturated heterocycles. The lowest BCUT2D eigenvalue weighted by Gasteiger charge is -2.32. The van der Waals surface area contributed by atoms with E-state index in [0.29, 0.717) is 23.5 Å². The van der Waals surface area contributed by atoms with Crippen LogP contribution < -0.4 is 5.56 Å². The van der Waals surface area contributed by atoms with Crippen molar-refractivity contribution in [3.05, 3.63) is 82.3 Å². The minimum Gasteiger partial charge on any atom is -0.333 e. The highest BCUT2D eigenvalue weighted by Gasteiger charge is 2.25. The van der Waals surface area contributed by atoms with Gasteiger partial charge in [0.2, 0.25) is 0 Å². The fraction of sp³-hybridized carbons (Fsp3) is 0.273. The number of hydrogen-bond donors (Lipinski definition) is 1. The van der Waals surface area contributed by atoms with E-state index in [1.54, 1.807) is 12.1 Å². The number of carbonyl (C=O) groups excluding carboxylic acids is 1. The molecule has 2 aromatic carbocycles. The third kappa shape index (κ3) is 3.40. The van der Waals surface area contributed by atoms with Gasteiger partial charge in [-0.1, -0.05) is 55.0 Å². The molecule has 3 aromatic rings.